The Hall–Kier alpha value is -2.76. The molecule has 5 nitrogen and oxygen atoms in total. The molecule has 0 spiro atoms. The van der Waals surface area contributed by atoms with Gasteiger partial charge in [0.05, 0.1) is 26.9 Å². The fourth-order valence-corrected chi connectivity index (χ4v) is 1.97. The number of nitrogens with one attached hydrogen (secondary N) is 1. The predicted molar refractivity (Wildman–Crippen MR) is 80.5 cm³/mol. The van der Waals surface area contributed by atoms with Crippen LogP contribution >= 0.6 is 0 Å². The lowest BCUT2D eigenvalue weighted by molar-refractivity contribution is 0.102. The first-order valence-corrected chi connectivity index (χ1v) is 6.46. The van der Waals surface area contributed by atoms with Crippen LogP contribution in [0.2, 0.25) is 0 Å². The topological polar surface area (TPSA) is 56.8 Å². The number of halogens is 1. The lowest BCUT2D eigenvalue weighted by Gasteiger charge is -2.12. The molecule has 0 atom stereocenters. The summed E-state index contributed by atoms with van der Waals surface area (Å²) in [7, 11) is 4.44. The smallest absolute Gasteiger partial charge is 0.259 e. The van der Waals surface area contributed by atoms with Gasteiger partial charge in [-0.05, 0) is 30.3 Å². The molecular weight excluding hydrogens is 289 g/mol. The third kappa shape index (κ3) is 3.28. The highest BCUT2D eigenvalue weighted by Gasteiger charge is 2.14. The van der Waals surface area contributed by atoms with Gasteiger partial charge in [-0.15, -0.1) is 0 Å². The number of amides is 1. The van der Waals surface area contributed by atoms with Crippen LogP contribution in [-0.4, -0.2) is 27.2 Å². The monoisotopic (exact) mass is 305 g/mol. The number of hydrogen-bond donors (Lipinski definition) is 1. The van der Waals surface area contributed by atoms with Crippen molar-refractivity contribution in [3.8, 4) is 17.2 Å². The average molecular weight is 305 g/mol. The largest absolute Gasteiger partial charge is 0.496 e. The van der Waals surface area contributed by atoms with Gasteiger partial charge in [0.25, 0.3) is 5.91 Å². The Kier molecular flexibility index (Phi) is 4.83. The van der Waals surface area contributed by atoms with Crippen molar-refractivity contribution in [2.24, 2.45) is 0 Å². The minimum absolute atomic E-state index is 0.109. The van der Waals surface area contributed by atoms with Gasteiger partial charge in [-0.25, -0.2) is 4.39 Å². The van der Waals surface area contributed by atoms with Gasteiger partial charge in [0.2, 0.25) is 0 Å². The summed E-state index contributed by atoms with van der Waals surface area (Å²) < 4.78 is 28.7. The second kappa shape index (κ2) is 6.80. The van der Waals surface area contributed by atoms with E-state index in [2.05, 4.69) is 5.32 Å². The Labute approximate surface area is 127 Å². The molecule has 2 rings (SSSR count). The third-order valence-corrected chi connectivity index (χ3v) is 3.05. The Balaban J connectivity index is 2.27. The van der Waals surface area contributed by atoms with Gasteiger partial charge >= 0.3 is 0 Å². The Bertz CT molecular complexity index is 688. The summed E-state index contributed by atoms with van der Waals surface area (Å²) in [6, 6.07) is 8.69. The van der Waals surface area contributed by atoms with Crippen molar-refractivity contribution >= 4 is 11.6 Å². The number of ether oxygens (including phenoxy) is 3. The lowest BCUT2D eigenvalue weighted by atomic mass is 10.1. The first kappa shape index (κ1) is 15.6. The fourth-order valence-electron chi connectivity index (χ4n) is 1.97. The van der Waals surface area contributed by atoms with E-state index in [4.69, 9.17) is 14.2 Å². The molecular formula is C16H16FNO4. The Morgan fingerprint density at radius 1 is 0.909 bits per heavy atom. The van der Waals surface area contributed by atoms with Crippen molar-refractivity contribution in [2.75, 3.05) is 26.6 Å². The second-order valence-electron chi connectivity index (χ2n) is 4.37. The number of hydrogen-bond acceptors (Lipinski definition) is 4. The molecule has 116 valence electrons. The maximum atomic E-state index is 13.3. The lowest BCUT2D eigenvalue weighted by Crippen LogP contribution is -2.13. The first-order chi connectivity index (χ1) is 10.6. The first-order valence-electron chi connectivity index (χ1n) is 6.46. The van der Waals surface area contributed by atoms with Crippen molar-refractivity contribution in [3.05, 3.63) is 47.8 Å². The fraction of sp³-hybridized carbons (Fsp3) is 0.188. The van der Waals surface area contributed by atoms with Crippen LogP contribution in [0.25, 0.3) is 0 Å². The Morgan fingerprint density at radius 2 is 1.55 bits per heavy atom. The highest BCUT2D eigenvalue weighted by molar-refractivity contribution is 6.06. The van der Waals surface area contributed by atoms with Gasteiger partial charge in [-0.2, -0.15) is 0 Å². The van der Waals surface area contributed by atoms with E-state index in [1.165, 1.54) is 33.5 Å². The van der Waals surface area contributed by atoms with Gasteiger partial charge in [0.15, 0.2) is 11.5 Å². The van der Waals surface area contributed by atoms with Crippen molar-refractivity contribution in [1.82, 2.24) is 0 Å². The van der Waals surface area contributed by atoms with Crippen LogP contribution in [0.15, 0.2) is 36.4 Å². The molecule has 0 aliphatic rings. The molecule has 2 aromatic rings. The van der Waals surface area contributed by atoms with Crippen molar-refractivity contribution in [2.45, 2.75) is 0 Å². The molecule has 22 heavy (non-hydrogen) atoms. The molecule has 0 aliphatic carbocycles. The normalized spacial score (nSPS) is 10.0. The van der Waals surface area contributed by atoms with Crippen molar-refractivity contribution in [3.63, 3.8) is 0 Å². The molecule has 0 unspecified atom stereocenters. The third-order valence-electron chi connectivity index (χ3n) is 3.05. The van der Waals surface area contributed by atoms with Crippen LogP contribution < -0.4 is 19.5 Å². The van der Waals surface area contributed by atoms with Crippen molar-refractivity contribution < 1.29 is 23.4 Å². The molecule has 0 radical (unpaired) electrons. The van der Waals surface area contributed by atoms with Gasteiger partial charge in [0.1, 0.15) is 11.6 Å². The van der Waals surface area contributed by atoms with Crippen LogP contribution in [0.4, 0.5) is 10.1 Å². The van der Waals surface area contributed by atoms with E-state index in [1.54, 1.807) is 18.2 Å². The molecule has 1 N–H and O–H groups in total. The van der Waals surface area contributed by atoms with E-state index >= 15 is 0 Å². The summed E-state index contributed by atoms with van der Waals surface area (Å²) >= 11 is 0. The van der Waals surface area contributed by atoms with Gasteiger partial charge < -0.3 is 19.5 Å². The summed E-state index contributed by atoms with van der Waals surface area (Å²) in [6.45, 7) is 0. The number of methoxy groups -OCH3 is 3. The van der Waals surface area contributed by atoms with E-state index in [9.17, 15) is 9.18 Å². The molecule has 6 heteroatoms. The molecule has 0 bridgehead atoms. The van der Waals surface area contributed by atoms with E-state index in [1.807, 2.05) is 0 Å². The number of carbonyl (C=O) groups is 1. The summed E-state index contributed by atoms with van der Waals surface area (Å²) in [5.74, 6) is 0.316. The molecule has 0 saturated heterocycles. The molecule has 1 amide bonds. The summed E-state index contributed by atoms with van der Waals surface area (Å²) in [6.07, 6.45) is 0. The molecule has 0 aromatic heterocycles. The molecule has 0 saturated carbocycles. The van der Waals surface area contributed by atoms with Gasteiger partial charge in [-0.1, -0.05) is 0 Å². The number of rotatable bonds is 5. The van der Waals surface area contributed by atoms with Crippen LogP contribution in [-0.2, 0) is 0 Å². The average Bonchev–Trinajstić information content (AvgIpc) is 2.54. The van der Waals surface area contributed by atoms with Crippen molar-refractivity contribution in [1.29, 1.82) is 0 Å². The zero-order valence-corrected chi connectivity index (χ0v) is 12.5. The van der Waals surface area contributed by atoms with E-state index in [0.29, 0.717) is 22.9 Å². The maximum Gasteiger partial charge on any atom is 0.259 e. The van der Waals surface area contributed by atoms with Crippen LogP contribution in [0, 0.1) is 5.82 Å². The Morgan fingerprint density at radius 3 is 2.18 bits per heavy atom. The maximum absolute atomic E-state index is 13.3. The number of benzene rings is 2. The number of carbonyl (C=O) groups excluding carboxylic acids is 1. The molecule has 0 aliphatic heterocycles. The highest BCUT2D eigenvalue weighted by Crippen LogP contribution is 2.30. The van der Waals surface area contributed by atoms with Gasteiger partial charge in [0, 0.05) is 11.8 Å². The van der Waals surface area contributed by atoms with Crippen LogP contribution in [0.3, 0.4) is 0 Å². The minimum Gasteiger partial charge on any atom is -0.496 e. The quantitative estimate of drug-likeness (QED) is 0.922. The second-order valence-corrected chi connectivity index (χ2v) is 4.37. The highest BCUT2D eigenvalue weighted by atomic mass is 19.1. The zero-order valence-electron chi connectivity index (χ0n) is 12.5. The van der Waals surface area contributed by atoms with E-state index in [0.717, 1.165) is 6.07 Å². The molecule has 2 aromatic carbocycles. The number of anilines is 1. The van der Waals surface area contributed by atoms with E-state index < -0.39 is 11.7 Å². The molecule has 0 fully saturated rings. The standard InChI is InChI=1S/C16H16FNO4/c1-20-13-6-4-10(17)8-12(13)16(19)18-11-5-7-14(21-2)15(9-11)22-3/h4-9H,1-3H3,(H,18,19). The predicted octanol–water partition coefficient (Wildman–Crippen LogP) is 3.10. The minimum atomic E-state index is -0.515. The van der Waals surface area contributed by atoms with E-state index in [-0.39, 0.29) is 5.56 Å². The van der Waals surface area contributed by atoms with Crippen LogP contribution in [0.5, 0.6) is 17.2 Å². The van der Waals surface area contributed by atoms with Gasteiger partial charge in [-0.3, -0.25) is 4.79 Å². The summed E-state index contributed by atoms with van der Waals surface area (Å²) in [4.78, 5) is 12.3. The van der Waals surface area contributed by atoms with Crippen LogP contribution in [0.1, 0.15) is 10.4 Å². The molecule has 0 heterocycles. The summed E-state index contributed by atoms with van der Waals surface area (Å²) in [5.41, 5.74) is 0.603. The zero-order chi connectivity index (χ0) is 16.1. The SMILES string of the molecule is COc1ccc(NC(=O)c2cc(F)ccc2OC)cc1OC. The summed E-state index contributed by atoms with van der Waals surface area (Å²) in [5, 5.41) is 2.67.